The third kappa shape index (κ3) is 5.93. The summed E-state index contributed by atoms with van der Waals surface area (Å²) in [6.07, 6.45) is 1.50. The Labute approximate surface area is 199 Å². The van der Waals surface area contributed by atoms with Crippen LogP contribution in [0, 0.1) is 12.8 Å². The van der Waals surface area contributed by atoms with E-state index in [-0.39, 0.29) is 17.7 Å². The van der Waals surface area contributed by atoms with Crippen molar-refractivity contribution in [2.45, 2.75) is 26.3 Å². The van der Waals surface area contributed by atoms with Crippen LogP contribution in [-0.4, -0.2) is 24.9 Å². The normalized spacial score (nSPS) is 14.1. The molecule has 33 heavy (non-hydrogen) atoms. The molecule has 0 aliphatic carbocycles. The first-order valence-electron chi connectivity index (χ1n) is 11.2. The van der Waals surface area contributed by atoms with E-state index in [0.29, 0.717) is 22.8 Å². The Hall–Kier alpha value is -3.31. The number of carbonyl (C=O) groups excluding carboxylic acids is 2. The molecule has 1 aliphatic heterocycles. The van der Waals surface area contributed by atoms with E-state index in [1.807, 2.05) is 61.5 Å². The number of para-hydroxylation sites is 1. The second-order valence-electron chi connectivity index (χ2n) is 8.44. The van der Waals surface area contributed by atoms with Crippen molar-refractivity contribution in [3.8, 4) is 0 Å². The number of amides is 2. The van der Waals surface area contributed by atoms with Gasteiger partial charge < -0.3 is 15.5 Å². The van der Waals surface area contributed by atoms with E-state index in [9.17, 15) is 9.59 Å². The molecule has 3 aromatic carbocycles. The van der Waals surface area contributed by atoms with Crippen molar-refractivity contribution in [2.75, 3.05) is 23.3 Å². The average Bonchev–Trinajstić information content (AvgIpc) is 2.84. The Kier molecular flexibility index (Phi) is 7.30. The van der Waals surface area contributed by atoms with Crippen LogP contribution in [0.1, 0.15) is 34.3 Å². The summed E-state index contributed by atoms with van der Waals surface area (Å²) in [4.78, 5) is 28.0. The highest BCUT2D eigenvalue weighted by molar-refractivity contribution is 6.30. The van der Waals surface area contributed by atoms with Gasteiger partial charge in [0.25, 0.3) is 5.91 Å². The number of anilines is 2. The minimum absolute atomic E-state index is 0.0421. The van der Waals surface area contributed by atoms with E-state index in [1.54, 1.807) is 18.2 Å². The van der Waals surface area contributed by atoms with Gasteiger partial charge in [-0.1, -0.05) is 59.6 Å². The number of rotatable bonds is 6. The molecule has 2 N–H and O–H groups in total. The number of carbonyl (C=O) groups is 2. The molecule has 1 heterocycles. The van der Waals surface area contributed by atoms with Crippen molar-refractivity contribution in [1.82, 2.24) is 5.32 Å². The van der Waals surface area contributed by atoms with Crippen LogP contribution < -0.4 is 15.5 Å². The van der Waals surface area contributed by atoms with Gasteiger partial charge in [0.05, 0.1) is 11.3 Å². The fraction of sp³-hybridized carbons (Fsp3) is 0.259. The van der Waals surface area contributed by atoms with Gasteiger partial charge in [-0.05, 0) is 55.7 Å². The molecule has 0 radical (unpaired) electrons. The van der Waals surface area contributed by atoms with Gasteiger partial charge in [0.1, 0.15) is 0 Å². The predicted molar refractivity (Wildman–Crippen MR) is 134 cm³/mol. The van der Waals surface area contributed by atoms with E-state index in [2.05, 4.69) is 15.5 Å². The summed E-state index contributed by atoms with van der Waals surface area (Å²) in [5, 5.41) is 6.65. The van der Waals surface area contributed by atoms with E-state index in [4.69, 9.17) is 11.6 Å². The van der Waals surface area contributed by atoms with Crippen molar-refractivity contribution in [1.29, 1.82) is 0 Å². The molecule has 1 aliphatic rings. The Bertz CT molecular complexity index is 1120. The van der Waals surface area contributed by atoms with Crippen molar-refractivity contribution in [3.63, 3.8) is 0 Å². The van der Waals surface area contributed by atoms with Crippen LogP contribution in [0.25, 0.3) is 0 Å². The molecule has 0 bridgehead atoms. The quantitative estimate of drug-likeness (QED) is 0.514. The van der Waals surface area contributed by atoms with Gasteiger partial charge in [0.15, 0.2) is 0 Å². The summed E-state index contributed by atoms with van der Waals surface area (Å²) in [5.74, 6) is -0.342. The number of hydrogen-bond donors (Lipinski definition) is 2. The van der Waals surface area contributed by atoms with E-state index in [1.165, 1.54) is 5.56 Å². The van der Waals surface area contributed by atoms with Crippen LogP contribution in [0.5, 0.6) is 0 Å². The van der Waals surface area contributed by atoms with Gasteiger partial charge in [-0.3, -0.25) is 9.59 Å². The van der Waals surface area contributed by atoms with Crippen LogP contribution >= 0.6 is 11.6 Å². The molecule has 6 heteroatoms. The number of piperidine rings is 1. The average molecular weight is 462 g/mol. The van der Waals surface area contributed by atoms with Crippen molar-refractivity contribution in [3.05, 3.63) is 94.5 Å². The van der Waals surface area contributed by atoms with E-state index in [0.717, 1.165) is 37.2 Å². The molecule has 0 atom stereocenters. The molecular formula is C27H28ClN3O2. The smallest absolute Gasteiger partial charge is 0.253 e. The molecule has 0 saturated carbocycles. The van der Waals surface area contributed by atoms with Crippen LogP contribution in [0.3, 0.4) is 0 Å². The molecule has 1 fully saturated rings. The third-order valence-corrected chi connectivity index (χ3v) is 6.28. The Morgan fingerprint density at radius 3 is 2.42 bits per heavy atom. The molecule has 5 nitrogen and oxygen atoms in total. The fourth-order valence-electron chi connectivity index (χ4n) is 4.08. The number of hydrogen-bond acceptors (Lipinski definition) is 3. The first-order chi connectivity index (χ1) is 16.0. The number of halogens is 1. The number of nitrogens with one attached hydrogen (secondary N) is 2. The molecule has 1 saturated heterocycles. The summed E-state index contributed by atoms with van der Waals surface area (Å²) in [6, 6.07) is 23.0. The lowest BCUT2D eigenvalue weighted by Gasteiger charge is -2.33. The highest BCUT2D eigenvalue weighted by Crippen LogP contribution is 2.27. The van der Waals surface area contributed by atoms with Gasteiger partial charge in [-0.25, -0.2) is 0 Å². The van der Waals surface area contributed by atoms with Crippen molar-refractivity contribution < 1.29 is 9.59 Å². The molecule has 2 amide bonds. The van der Waals surface area contributed by atoms with Gasteiger partial charge >= 0.3 is 0 Å². The molecule has 0 aromatic heterocycles. The lowest BCUT2D eigenvalue weighted by molar-refractivity contribution is -0.120. The topological polar surface area (TPSA) is 61.4 Å². The van der Waals surface area contributed by atoms with Gasteiger partial charge in [-0.2, -0.15) is 0 Å². The van der Waals surface area contributed by atoms with Crippen LogP contribution in [0.15, 0.2) is 72.8 Å². The number of aryl methyl sites for hydroxylation is 1. The van der Waals surface area contributed by atoms with E-state index < -0.39 is 0 Å². The van der Waals surface area contributed by atoms with Gasteiger partial charge in [-0.15, -0.1) is 0 Å². The Morgan fingerprint density at radius 1 is 0.970 bits per heavy atom. The molecule has 0 spiro atoms. The van der Waals surface area contributed by atoms with E-state index >= 15 is 0 Å². The Balaban J connectivity index is 1.35. The van der Waals surface area contributed by atoms with Crippen molar-refractivity contribution >= 4 is 34.8 Å². The standard InChI is InChI=1S/C27H28ClN3O2/c1-19-9-11-20(12-10-19)18-29-27(33)24-7-2-3-8-25(24)30-26(32)21-13-15-31(16-14-21)23-6-4-5-22(28)17-23/h2-12,17,21H,13-16,18H2,1H3,(H,29,33)(H,30,32). The van der Waals surface area contributed by atoms with Crippen LogP contribution in [0.2, 0.25) is 5.02 Å². The maximum absolute atomic E-state index is 13.0. The summed E-state index contributed by atoms with van der Waals surface area (Å²) in [6.45, 7) is 4.04. The Morgan fingerprint density at radius 2 is 1.70 bits per heavy atom. The zero-order valence-electron chi connectivity index (χ0n) is 18.7. The van der Waals surface area contributed by atoms with Gasteiger partial charge in [0, 0.05) is 36.3 Å². The molecule has 4 rings (SSSR count). The molecule has 3 aromatic rings. The first-order valence-corrected chi connectivity index (χ1v) is 11.6. The summed E-state index contributed by atoms with van der Waals surface area (Å²) in [5.41, 5.74) is 4.30. The van der Waals surface area contributed by atoms with Gasteiger partial charge in [0.2, 0.25) is 5.91 Å². The minimum atomic E-state index is -0.206. The lowest BCUT2D eigenvalue weighted by atomic mass is 9.95. The van der Waals surface area contributed by atoms with Crippen LogP contribution in [0.4, 0.5) is 11.4 Å². The maximum atomic E-state index is 13.0. The largest absolute Gasteiger partial charge is 0.371 e. The lowest BCUT2D eigenvalue weighted by Crippen LogP contribution is -2.38. The zero-order chi connectivity index (χ0) is 23.2. The summed E-state index contributed by atoms with van der Waals surface area (Å²) >= 11 is 6.11. The first kappa shape index (κ1) is 22.9. The minimum Gasteiger partial charge on any atom is -0.371 e. The maximum Gasteiger partial charge on any atom is 0.253 e. The number of benzene rings is 3. The zero-order valence-corrected chi connectivity index (χ0v) is 19.4. The monoisotopic (exact) mass is 461 g/mol. The number of nitrogens with zero attached hydrogens (tertiary/aromatic N) is 1. The fourth-order valence-corrected chi connectivity index (χ4v) is 4.27. The summed E-state index contributed by atoms with van der Waals surface area (Å²) < 4.78 is 0. The molecule has 170 valence electrons. The summed E-state index contributed by atoms with van der Waals surface area (Å²) in [7, 11) is 0. The van der Waals surface area contributed by atoms with Crippen LogP contribution in [-0.2, 0) is 11.3 Å². The predicted octanol–water partition coefficient (Wildman–Crippen LogP) is 5.43. The highest BCUT2D eigenvalue weighted by Gasteiger charge is 2.26. The molecule has 0 unspecified atom stereocenters. The third-order valence-electron chi connectivity index (χ3n) is 6.04. The van der Waals surface area contributed by atoms with Crippen molar-refractivity contribution in [2.24, 2.45) is 5.92 Å². The molecular weight excluding hydrogens is 434 g/mol. The SMILES string of the molecule is Cc1ccc(CNC(=O)c2ccccc2NC(=O)C2CCN(c3cccc(Cl)c3)CC2)cc1. The second-order valence-corrected chi connectivity index (χ2v) is 8.88. The second kappa shape index (κ2) is 10.5. The highest BCUT2D eigenvalue weighted by atomic mass is 35.5.